The van der Waals surface area contributed by atoms with Crippen LogP contribution in [0.15, 0.2) is 27.1 Å². The minimum absolute atomic E-state index is 0.0322. The summed E-state index contributed by atoms with van der Waals surface area (Å²) >= 11 is 6.91. The fourth-order valence-electron chi connectivity index (χ4n) is 3.16. The topological polar surface area (TPSA) is 40.6 Å². The second kappa shape index (κ2) is 5.72. The lowest BCUT2D eigenvalue weighted by molar-refractivity contribution is -0.147. The first-order valence-corrected chi connectivity index (χ1v) is 8.68. The number of piperazine rings is 1. The molecule has 2 fully saturated rings. The molecule has 0 spiro atoms. The third-order valence-corrected chi connectivity index (χ3v) is 5.35. The van der Waals surface area contributed by atoms with Crippen molar-refractivity contribution >= 4 is 49.4 Å². The number of amides is 2. The molecule has 0 bridgehead atoms. The van der Waals surface area contributed by atoms with Crippen molar-refractivity contribution < 1.29 is 9.59 Å². The van der Waals surface area contributed by atoms with Gasteiger partial charge in [0.25, 0.3) is 5.91 Å². The average molecular weight is 416 g/mol. The Balaban J connectivity index is 2.01. The van der Waals surface area contributed by atoms with Crippen LogP contribution in [0.3, 0.4) is 0 Å². The molecule has 112 valence electrons. The van der Waals surface area contributed by atoms with E-state index >= 15 is 0 Å². The number of benzene rings is 1. The number of hydrogen-bond acceptors (Lipinski definition) is 2. The first kappa shape index (κ1) is 15.0. The van der Waals surface area contributed by atoms with Crippen LogP contribution in [-0.4, -0.2) is 35.3 Å². The zero-order chi connectivity index (χ0) is 15.1. The molecule has 0 aliphatic carbocycles. The largest absolute Gasteiger partial charge is 0.329 e. The molecule has 2 unspecified atom stereocenters. The van der Waals surface area contributed by atoms with Crippen LogP contribution in [0, 0.1) is 0 Å². The van der Waals surface area contributed by atoms with E-state index in [1.165, 1.54) is 0 Å². The molecule has 2 aliphatic heterocycles. The predicted octanol–water partition coefficient (Wildman–Crippen LogP) is 3.33. The highest BCUT2D eigenvalue weighted by molar-refractivity contribution is 9.11. The number of nitrogens with zero attached hydrogens (tertiary/aromatic N) is 2. The van der Waals surface area contributed by atoms with Gasteiger partial charge in [-0.2, -0.15) is 0 Å². The summed E-state index contributed by atoms with van der Waals surface area (Å²) in [4.78, 5) is 28.8. The molecule has 2 amide bonds. The Hall–Kier alpha value is -0.880. The summed E-state index contributed by atoms with van der Waals surface area (Å²) in [5.74, 6) is 0.0824. The molecule has 1 aromatic carbocycles. The molecule has 6 heteroatoms. The highest BCUT2D eigenvalue weighted by atomic mass is 79.9. The third-order valence-electron chi connectivity index (χ3n) is 4.22. The number of anilines is 1. The van der Waals surface area contributed by atoms with Gasteiger partial charge in [-0.1, -0.05) is 15.9 Å². The molecule has 2 heterocycles. The molecule has 2 aliphatic rings. The first-order valence-electron chi connectivity index (χ1n) is 7.09. The second-order valence-corrected chi connectivity index (χ2v) is 7.29. The summed E-state index contributed by atoms with van der Waals surface area (Å²) in [6.07, 6.45) is 2.76. The van der Waals surface area contributed by atoms with Crippen LogP contribution < -0.4 is 4.90 Å². The summed E-state index contributed by atoms with van der Waals surface area (Å²) in [5.41, 5.74) is 0.759. The highest BCUT2D eigenvalue weighted by Gasteiger charge is 2.45. The maximum atomic E-state index is 12.9. The van der Waals surface area contributed by atoms with Gasteiger partial charge in [0.2, 0.25) is 5.91 Å². The van der Waals surface area contributed by atoms with Gasteiger partial charge in [-0.3, -0.25) is 14.5 Å². The molecule has 21 heavy (non-hydrogen) atoms. The maximum absolute atomic E-state index is 12.9. The number of hydrogen-bond donors (Lipinski definition) is 0. The number of carbonyl (C=O) groups is 2. The Kier molecular flexibility index (Phi) is 4.10. The van der Waals surface area contributed by atoms with Crippen molar-refractivity contribution in [3.05, 3.63) is 27.1 Å². The lowest BCUT2D eigenvalue weighted by Crippen LogP contribution is -2.65. The fourth-order valence-corrected chi connectivity index (χ4v) is 4.40. The Morgan fingerprint density at radius 2 is 1.90 bits per heavy atom. The van der Waals surface area contributed by atoms with Crippen LogP contribution in [-0.2, 0) is 9.59 Å². The number of piperidine rings is 1. The van der Waals surface area contributed by atoms with Crippen LogP contribution >= 0.6 is 31.9 Å². The fraction of sp³-hybridized carbons (Fsp3) is 0.467. The lowest BCUT2D eigenvalue weighted by atomic mass is 9.95. The van der Waals surface area contributed by atoms with E-state index in [0.717, 1.165) is 33.9 Å². The third kappa shape index (κ3) is 2.52. The van der Waals surface area contributed by atoms with Crippen LogP contribution in [0.4, 0.5) is 5.69 Å². The molecule has 3 rings (SSSR count). The molecule has 0 N–H and O–H groups in total. The van der Waals surface area contributed by atoms with E-state index < -0.39 is 6.04 Å². The summed E-state index contributed by atoms with van der Waals surface area (Å²) in [6, 6.07) is 4.90. The molecular weight excluding hydrogens is 400 g/mol. The minimum Gasteiger partial charge on any atom is -0.329 e. The van der Waals surface area contributed by atoms with Crippen molar-refractivity contribution in [1.29, 1.82) is 0 Å². The summed E-state index contributed by atoms with van der Waals surface area (Å²) in [5, 5.41) is 0. The van der Waals surface area contributed by atoms with Crippen LogP contribution in [0.5, 0.6) is 0 Å². The molecule has 0 radical (unpaired) electrons. The highest BCUT2D eigenvalue weighted by Crippen LogP contribution is 2.35. The van der Waals surface area contributed by atoms with Crippen LogP contribution in [0.25, 0.3) is 0 Å². The van der Waals surface area contributed by atoms with Crippen molar-refractivity contribution in [1.82, 2.24) is 4.90 Å². The van der Waals surface area contributed by atoms with Gasteiger partial charge in [0.1, 0.15) is 12.1 Å². The van der Waals surface area contributed by atoms with Crippen molar-refractivity contribution in [2.45, 2.75) is 38.3 Å². The molecule has 0 saturated carbocycles. The van der Waals surface area contributed by atoms with E-state index in [1.54, 1.807) is 16.7 Å². The SMILES string of the molecule is CC1C(=O)N2CCCCC2C(=O)N1c1ccc(Br)cc1Br. The van der Waals surface area contributed by atoms with E-state index in [-0.39, 0.29) is 17.9 Å². The van der Waals surface area contributed by atoms with Crippen molar-refractivity contribution in [3.63, 3.8) is 0 Å². The van der Waals surface area contributed by atoms with Crippen LogP contribution in [0.2, 0.25) is 0 Å². The zero-order valence-corrected chi connectivity index (χ0v) is 14.9. The zero-order valence-electron chi connectivity index (χ0n) is 11.7. The van der Waals surface area contributed by atoms with Gasteiger partial charge >= 0.3 is 0 Å². The predicted molar refractivity (Wildman–Crippen MR) is 88.1 cm³/mol. The smallest absolute Gasteiger partial charge is 0.250 e. The molecule has 1 aromatic rings. The maximum Gasteiger partial charge on any atom is 0.250 e. The average Bonchev–Trinajstić information content (AvgIpc) is 2.47. The van der Waals surface area contributed by atoms with E-state index in [1.807, 2.05) is 18.2 Å². The van der Waals surface area contributed by atoms with Crippen molar-refractivity contribution in [2.75, 3.05) is 11.4 Å². The standard InChI is InChI=1S/C15H16Br2N2O2/c1-9-14(20)18-7-3-2-4-13(18)15(21)19(9)12-6-5-10(16)8-11(12)17/h5-6,8-9,13H,2-4,7H2,1H3. The lowest BCUT2D eigenvalue weighted by Gasteiger charge is -2.46. The molecule has 4 nitrogen and oxygen atoms in total. The molecule has 0 aromatic heterocycles. The Labute approximate surface area is 140 Å². The number of fused-ring (bicyclic) bond motifs is 1. The van der Waals surface area contributed by atoms with Gasteiger partial charge < -0.3 is 4.90 Å². The monoisotopic (exact) mass is 414 g/mol. The van der Waals surface area contributed by atoms with Gasteiger partial charge in [0, 0.05) is 15.5 Å². The van der Waals surface area contributed by atoms with Gasteiger partial charge in [-0.05, 0) is 60.3 Å². The summed E-state index contributed by atoms with van der Waals surface area (Å²) in [7, 11) is 0. The van der Waals surface area contributed by atoms with Gasteiger partial charge in [0.15, 0.2) is 0 Å². The molecule has 2 saturated heterocycles. The second-order valence-electron chi connectivity index (χ2n) is 5.52. The Morgan fingerprint density at radius 1 is 1.14 bits per heavy atom. The molecular formula is C15H16Br2N2O2. The Bertz CT molecular complexity index is 605. The van der Waals surface area contributed by atoms with Gasteiger partial charge in [-0.15, -0.1) is 0 Å². The van der Waals surface area contributed by atoms with Crippen LogP contribution in [0.1, 0.15) is 26.2 Å². The normalized spacial score (nSPS) is 26.0. The first-order chi connectivity index (χ1) is 10.0. The van der Waals surface area contributed by atoms with E-state index in [0.29, 0.717) is 6.54 Å². The van der Waals surface area contributed by atoms with E-state index in [9.17, 15) is 9.59 Å². The summed E-state index contributed by atoms with van der Waals surface area (Å²) in [6.45, 7) is 2.51. The van der Waals surface area contributed by atoms with Crippen molar-refractivity contribution in [3.8, 4) is 0 Å². The minimum atomic E-state index is -0.454. The number of halogens is 2. The van der Waals surface area contributed by atoms with E-state index in [2.05, 4.69) is 31.9 Å². The number of rotatable bonds is 1. The Morgan fingerprint density at radius 3 is 2.62 bits per heavy atom. The van der Waals surface area contributed by atoms with Gasteiger partial charge in [-0.25, -0.2) is 0 Å². The number of carbonyl (C=O) groups excluding carboxylic acids is 2. The molecule has 2 atom stereocenters. The van der Waals surface area contributed by atoms with E-state index in [4.69, 9.17) is 0 Å². The quantitative estimate of drug-likeness (QED) is 0.705. The summed E-state index contributed by atoms with van der Waals surface area (Å²) < 4.78 is 1.75. The van der Waals surface area contributed by atoms with Gasteiger partial charge in [0.05, 0.1) is 5.69 Å². The van der Waals surface area contributed by atoms with Crippen molar-refractivity contribution in [2.24, 2.45) is 0 Å².